The van der Waals surface area contributed by atoms with E-state index in [1.54, 1.807) is 6.07 Å². The zero-order valence-corrected chi connectivity index (χ0v) is 16.6. The van der Waals surface area contributed by atoms with Crippen LogP contribution in [0.4, 0.5) is 10.2 Å². The highest BCUT2D eigenvalue weighted by molar-refractivity contribution is 7.87. The number of rotatable bonds is 5. The van der Waals surface area contributed by atoms with Crippen molar-refractivity contribution < 1.29 is 12.8 Å². The fraction of sp³-hybridized carbons (Fsp3) is 0.450. The zero-order chi connectivity index (χ0) is 19.7. The molecule has 1 aromatic carbocycles. The van der Waals surface area contributed by atoms with Crippen molar-refractivity contribution in [1.82, 2.24) is 14.0 Å². The number of hydrogen-bond donors (Lipinski definition) is 1. The van der Waals surface area contributed by atoms with Crippen LogP contribution in [0.2, 0.25) is 0 Å². The van der Waals surface area contributed by atoms with Crippen LogP contribution in [0.5, 0.6) is 0 Å². The number of benzene rings is 1. The molecule has 2 heterocycles. The Balaban J connectivity index is 1.39. The molecule has 0 unspecified atom stereocenters. The fourth-order valence-corrected chi connectivity index (χ4v) is 5.54. The molecule has 2 aromatic rings. The van der Waals surface area contributed by atoms with E-state index in [0.29, 0.717) is 38.4 Å². The third kappa shape index (κ3) is 4.04. The summed E-state index contributed by atoms with van der Waals surface area (Å²) in [7, 11) is -3.55. The number of hydrogen-bond acceptors (Lipinski definition) is 4. The summed E-state index contributed by atoms with van der Waals surface area (Å²) in [5.74, 6) is 0.805. The molecule has 4 rings (SSSR count). The molecule has 6 nitrogen and oxygen atoms in total. The Kier molecular flexibility index (Phi) is 5.35. The minimum Gasteiger partial charge on any atom is -0.355 e. The van der Waals surface area contributed by atoms with E-state index in [9.17, 15) is 12.8 Å². The van der Waals surface area contributed by atoms with Gasteiger partial charge < -0.3 is 4.90 Å². The lowest BCUT2D eigenvalue weighted by Crippen LogP contribution is -2.44. The summed E-state index contributed by atoms with van der Waals surface area (Å²) in [4.78, 5) is 6.11. The number of pyridine rings is 1. The van der Waals surface area contributed by atoms with Gasteiger partial charge in [0.15, 0.2) is 0 Å². The first-order chi connectivity index (χ1) is 13.5. The van der Waals surface area contributed by atoms with Crippen molar-refractivity contribution in [3.05, 3.63) is 60.0 Å². The van der Waals surface area contributed by atoms with Gasteiger partial charge in [-0.3, -0.25) is 0 Å². The summed E-state index contributed by atoms with van der Waals surface area (Å²) in [5, 5.41) is 0. The second kappa shape index (κ2) is 7.77. The monoisotopic (exact) mass is 404 g/mol. The number of anilines is 1. The van der Waals surface area contributed by atoms with Crippen LogP contribution in [-0.2, 0) is 10.2 Å². The molecule has 150 valence electrons. The third-order valence-corrected chi connectivity index (χ3v) is 7.29. The summed E-state index contributed by atoms with van der Waals surface area (Å²) < 4.78 is 43.4. The van der Waals surface area contributed by atoms with E-state index in [4.69, 9.17) is 0 Å². The first-order valence-corrected chi connectivity index (χ1v) is 11.1. The van der Waals surface area contributed by atoms with Gasteiger partial charge in [0.1, 0.15) is 11.6 Å². The first kappa shape index (κ1) is 19.3. The van der Waals surface area contributed by atoms with Crippen molar-refractivity contribution in [3.8, 4) is 0 Å². The highest BCUT2D eigenvalue weighted by Crippen LogP contribution is 2.47. The van der Waals surface area contributed by atoms with E-state index in [1.807, 2.05) is 23.1 Å². The lowest BCUT2D eigenvalue weighted by molar-refractivity contribution is 0.422. The minimum absolute atomic E-state index is 0.0643. The SMILES string of the molecule is C[C@H]1[C@H](NS(=O)(=O)N2CCCN(c3ccc(F)cn3)CC2)[C@H]1c1ccccc1. The van der Waals surface area contributed by atoms with Gasteiger partial charge in [-0.25, -0.2) is 9.37 Å². The Morgan fingerprint density at radius 2 is 1.86 bits per heavy atom. The highest BCUT2D eigenvalue weighted by atomic mass is 32.2. The van der Waals surface area contributed by atoms with Crippen LogP contribution in [0.1, 0.15) is 24.8 Å². The summed E-state index contributed by atoms with van der Waals surface area (Å²) >= 11 is 0. The Bertz CT molecular complexity index is 908. The molecular formula is C20H25FN4O2S. The van der Waals surface area contributed by atoms with E-state index in [-0.39, 0.29) is 23.7 Å². The van der Waals surface area contributed by atoms with Crippen molar-refractivity contribution in [3.63, 3.8) is 0 Å². The average Bonchev–Trinajstić information content (AvgIpc) is 3.39. The molecule has 28 heavy (non-hydrogen) atoms. The topological polar surface area (TPSA) is 65.5 Å². The molecule has 1 aromatic heterocycles. The Morgan fingerprint density at radius 3 is 2.57 bits per heavy atom. The number of nitrogens with zero attached hydrogens (tertiary/aromatic N) is 3. The lowest BCUT2D eigenvalue weighted by atomic mass is 10.1. The van der Waals surface area contributed by atoms with Gasteiger partial charge in [-0.1, -0.05) is 37.3 Å². The highest BCUT2D eigenvalue weighted by Gasteiger charge is 2.50. The van der Waals surface area contributed by atoms with Crippen molar-refractivity contribution in [2.75, 3.05) is 31.1 Å². The number of nitrogens with one attached hydrogen (secondary N) is 1. The molecular weight excluding hydrogens is 379 g/mol. The quantitative estimate of drug-likeness (QED) is 0.831. The second-order valence-electron chi connectivity index (χ2n) is 7.52. The maximum Gasteiger partial charge on any atom is 0.279 e. The molecule has 3 atom stereocenters. The third-order valence-electron chi connectivity index (χ3n) is 5.68. The normalized spacial score (nSPS) is 26.1. The Labute approximate surface area is 165 Å². The van der Waals surface area contributed by atoms with Gasteiger partial charge in [-0.05, 0) is 30.0 Å². The summed E-state index contributed by atoms with van der Waals surface area (Å²) in [6, 6.07) is 13.0. The molecule has 0 spiro atoms. The molecule has 1 saturated heterocycles. The van der Waals surface area contributed by atoms with Gasteiger partial charge >= 0.3 is 0 Å². The molecule has 1 aliphatic carbocycles. The van der Waals surface area contributed by atoms with E-state index >= 15 is 0 Å². The summed E-state index contributed by atoms with van der Waals surface area (Å²) in [6.45, 7) is 4.14. The van der Waals surface area contributed by atoms with Gasteiger partial charge in [0, 0.05) is 38.1 Å². The second-order valence-corrected chi connectivity index (χ2v) is 9.22. The number of aromatic nitrogens is 1. The predicted octanol–water partition coefficient (Wildman–Crippen LogP) is 2.37. The molecule has 2 fully saturated rings. The zero-order valence-electron chi connectivity index (χ0n) is 15.8. The number of halogens is 1. The molecule has 1 N–H and O–H groups in total. The van der Waals surface area contributed by atoms with Gasteiger partial charge in [0.05, 0.1) is 6.20 Å². The maximum absolute atomic E-state index is 13.1. The lowest BCUT2D eigenvalue weighted by Gasteiger charge is -2.22. The van der Waals surface area contributed by atoms with Crippen LogP contribution in [0.25, 0.3) is 0 Å². The molecule has 2 aliphatic rings. The summed E-state index contributed by atoms with van der Waals surface area (Å²) in [6.07, 6.45) is 1.89. The van der Waals surface area contributed by atoms with Crippen LogP contribution in [0.3, 0.4) is 0 Å². The van der Waals surface area contributed by atoms with Crippen molar-refractivity contribution in [2.45, 2.75) is 25.3 Å². The van der Waals surface area contributed by atoms with Crippen LogP contribution >= 0.6 is 0 Å². The smallest absolute Gasteiger partial charge is 0.279 e. The van der Waals surface area contributed by atoms with E-state index < -0.39 is 10.2 Å². The van der Waals surface area contributed by atoms with E-state index in [1.165, 1.54) is 22.1 Å². The van der Waals surface area contributed by atoms with E-state index in [0.717, 1.165) is 0 Å². The molecule has 1 saturated carbocycles. The molecule has 0 amide bonds. The molecule has 0 radical (unpaired) electrons. The Morgan fingerprint density at radius 1 is 1.07 bits per heavy atom. The van der Waals surface area contributed by atoms with Gasteiger partial charge in [0.2, 0.25) is 0 Å². The van der Waals surface area contributed by atoms with Gasteiger partial charge in [-0.2, -0.15) is 17.4 Å². The Hall–Kier alpha value is -2.03. The van der Waals surface area contributed by atoms with Gasteiger partial charge in [-0.15, -0.1) is 0 Å². The fourth-order valence-electron chi connectivity index (χ4n) is 3.99. The average molecular weight is 405 g/mol. The van der Waals surface area contributed by atoms with Gasteiger partial charge in [0.25, 0.3) is 10.2 Å². The predicted molar refractivity (Wildman–Crippen MR) is 107 cm³/mol. The van der Waals surface area contributed by atoms with Crippen LogP contribution in [0.15, 0.2) is 48.7 Å². The maximum atomic E-state index is 13.1. The van der Waals surface area contributed by atoms with Crippen LogP contribution in [-0.4, -0.2) is 49.9 Å². The molecule has 0 bridgehead atoms. The minimum atomic E-state index is -3.55. The van der Waals surface area contributed by atoms with Crippen molar-refractivity contribution in [1.29, 1.82) is 0 Å². The molecule has 8 heteroatoms. The van der Waals surface area contributed by atoms with Crippen LogP contribution in [0, 0.1) is 11.7 Å². The molecule has 1 aliphatic heterocycles. The van der Waals surface area contributed by atoms with Crippen molar-refractivity contribution >= 4 is 16.0 Å². The van der Waals surface area contributed by atoms with E-state index in [2.05, 4.69) is 28.8 Å². The first-order valence-electron chi connectivity index (χ1n) is 9.64. The summed E-state index contributed by atoms with van der Waals surface area (Å²) in [5.41, 5.74) is 1.17. The van der Waals surface area contributed by atoms with Crippen LogP contribution < -0.4 is 9.62 Å². The largest absolute Gasteiger partial charge is 0.355 e. The standard InChI is InChI=1S/C20H25FN4O2S/c1-15-19(16-6-3-2-4-7-16)20(15)23-28(26,27)25-11-5-10-24(12-13-25)18-9-8-17(21)14-22-18/h2-4,6-9,14-15,19-20,23H,5,10-13H2,1H3/t15-,19-,20+/m1/s1. The van der Waals surface area contributed by atoms with Crippen molar-refractivity contribution in [2.24, 2.45) is 5.92 Å².